The molecule has 4 aromatic rings. The number of anilines is 1. The monoisotopic (exact) mass is 506 g/mol. The Bertz CT molecular complexity index is 1390. The number of para-hydroxylation sites is 1. The van der Waals surface area contributed by atoms with E-state index in [4.69, 9.17) is 5.10 Å². The number of nitrogens with one attached hydrogen (secondary N) is 1. The van der Waals surface area contributed by atoms with Crippen molar-refractivity contribution in [1.29, 1.82) is 0 Å². The molecule has 2 unspecified atom stereocenters. The number of carbonyl (C=O) groups is 2. The summed E-state index contributed by atoms with van der Waals surface area (Å²) >= 11 is 0. The van der Waals surface area contributed by atoms with Crippen LogP contribution in [0.4, 0.5) is 5.82 Å². The Morgan fingerprint density at radius 3 is 2.16 bits per heavy atom. The van der Waals surface area contributed by atoms with Crippen molar-refractivity contribution >= 4 is 17.6 Å². The summed E-state index contributed by atoms with van der Waals surface area (Å²) in [5.41, 5.74) is 3.72. The largest absolute Gasteiger partial charge is 0.329 e. The van der Waals surface area contributed by atoms with E-state index in [0.29, 0.717) is 12.4 Å². The molecule has 0 radical (unpaired) electrons. The summed E-state index contributed by atoms with van der Waals surface area (Å²) in [7, 11) is 0. The Morgan fingerprint density at radius 2 is 1.53 bits per heavy atom. The summed E-state index contributed by atoms with van der Waals surface area (Å²) in [4.78, 5) is 28.7. The predicted octanol–water partition coefficient (Wildman–Crippen LogP) is 5.94. The van der Waals surface area contributed by atoms with E-state index in [1.54, 1.807) is 9.58 Å². The van der Waals surface area contributed by atoms with E-state index in [9.17, 15) is 9.59 Å². The van der Waals surface area contributed by atoms with Gasteiger partial charge in [-0.15, -0.1) is 0 Å². The van der Waals surface area contributed by atoms with Gasteiger partial charge in [-0.2, -0.15) is 5.10 Å². The zero-order valence-corrected chi connectivity index (χ0v) is 22.2. The van der Waals surface area contributed by atoms with Crippen LogP contribution in [0.5, 0.6) is 0 Å². The number of aromatic nitrogens is 2. The van der Waals surface area contributed by atoms with Gasteiger partial charge in [0.05, 0.1) is 11.4 Å². The molecule has 5 rings (SSSR count). The first-order valence-corrected chi connectivity index (χ1v) is 13.1. The first-order chi connectivity index (χ1) is 18.3. The molecule has 6 nitrogen and oxygen atoms in total. The number of rotatable bonds is 8. The van der Waals surface area contributed by atoms with Gasteiger partial charge in [-0.1, -0.05) is 99.6 Å². The van der Waals surface area contributed by atoms with Crippen LogP contribution in [0.2, 0.25) is 0 Å². The molecule has 2 amide bonds. The minimum absolute atomic E-state index is 0.0183. The SMILES string of the molecule is CC(C)(C)c1cc(NC(=O)CN(Cc2ccccc2)C(=O)C2CC2c2ccccc2)n(-c2ccccc2)n1. The van der Waals surface area contributed by atoms with Crippen molar-refractivity contribution in [3.63, 3.8) is 0 Å². The first-order valence-electron chi connectivity index (χ1n) is 13.1. The molecule has 194 valence electrons. The molecule has 1 heterocycles. The fourth-order valence-corrected chi connectivity index (χ4v) is 4.75. The third kappa shape index (κ3) is 5.86. The third-order valence-electron chi connectivity index (χ3n) is 6.94. The lowest BCUT2D eigenvalue weighted by molar-refractivity contribution is -0.136. The van der Waals surface area contributed by atoms with Crippen LogP contribution < -0.4 is 5.32 Å². The molecule has 0 spiro atoms. The van der Waals surface area contributed by atoms with Gasteiger partial charge in [-0.25, -0.2) is 4.68 Å². The van der Waals surface area contributed by atoms with Crippen LogP contribution in [0.3, 0.4) is 0 Å². The Morgan fingerprint density at radius 1 is 0.921 bits per heavy atom. The second kappa shape index (κ2) is 10.7. The highest BCUT2D eigenvalue weighted by molar-refractivity contribution is 5.95. The number of benzene rings is 3. The first kappa shape index (κ1) is 25.5. The Balaban J connectivity index is 1.36. The quantitative estimate of drug-likeness (QED) is 0.322. The van der Waals surface area contributed by atoms with Crippen molar-refractivity contribution < 1.29 is 9.59 Å². The van der Waals surface area contributed by atoms with Gasteiger partial charge >= 0.3 is 0 Å². The lowest BCUT2D eigenvalue weighted by Gasteiger charge is -2.23. The van der Waals surface area contributed by atoms with E-state index in [-0.39, 0.29) is 35.6 Å². The van der Waals surface area contributed by atoms with Crippen molar-refractivity contribution in [1.82, 2.24) is 14.7 Å². The molecule has 1 N–H and O–H groups in total. The molecule has 6 heteroatoms. The number of amides is 2. The molecule has 1 fully saturated rings. The van der Waals surface area contributed by atoms with Crippen molar-refractivity contribution in [2.45, 2.75) is 45.1 Å². The van der Waals surface area contributed by atoms with E-state index in [1.165, 1.54) is 5.56 Å². The van der Waals surface area contributed by atoms with Crippen molar-refractivity contribution in [2.24, 2.45) is 5.92 Å². The van der Waals surface area contributed by atoms with Gasteiger partial charge in [0.1, 0.15) is 12.4 Å². The fraction of sp³-hybridized carbons (Fsp3) is 0.281. The minimum atomic E-state index is -0.247. The van der Waals surface area contributed by atoms with Crippen LogP contribution in [-0.2, 0) is 21.5 Å². The fourth-order valence-electron chi connectivity index (χ4n) is 4.75. The van der Waals surface area contributed by atoms with Gasteiger partial charge in [-0.05, 0) is 35.6 Å². The maximum absolute atomic E-state index is 13.6. The second-order valence-electron chi connectivity index (χ2n) is 11.0. The van der Waals surface area contributed by atoms with Gasteiger partial charge in [0, 0.05) is 23.9 Å². The summed E-state index contributed by atoms with van der Waals surface area (Å²) in [6, 6.07) is 31.6. The molecule has 0 bridgehead atoms. The van der Waals surface area contributed by atoms with E-state index in [1.807, 2.05) is 84.9 Å². The highest BCUT2D eigenvalue weighted by atomic mass is 16.2. The van der Waals surface area contributed by atoms with Gasteiger partial charge < -0.3 is 10.2 Å². The maximum atomic E-state index is 13.6. The topological polar surface area (TPSA) is 67.2 Å². The average molecular weight is 507 g/mol. The van der Waals surface area contributed by atoms with Crippen LogP contribution in [0, 0.1) is 5.92 Å². The number of carbonyl (C=O) groups excluding carboxylic acids is 2. The molecule has 1 saturated carbocycles. The van der Waals surface area contributed by atoms with Crippen LogP contribution >= 0.6 is 0 Å². The second-order valence-corrected chi connectivity index (χ2v) is 11.0. The van der Waals surface area contributed by atoms with Gasteiger partial charge in [0.2, 0.25) is 11.8 Å². The molecule has 0 saturated heterocycles. The molecule has 1 aliphatic carbocycles. The molecule has 38 heavy (non-hydrogen) atoms. The number of hydrogen-bond acceptors (Lipinski definition) is 3. The van der Waals surface area contributed by atoms with Crippen LogP contribution in [0.15, 0.2) is 97.1 Å². The van der Waals surface area contributed by atoms with E-state index in [0.717, 1.165) is 23.4 Å². The molecule has 0 aliphatic heterocycles. The number of nitrogens with zero attached hydrogens (tertiary/aromatic N) is 3. The van der Waals surface area contributed by atoms with Crippen LogP contribution in [-0.4, -0.2) is 33.0 Å². The standard InChI is InChI=1S/C32H34N4O2/c1-32(2,3)28-20-29(36(34-28)25-17-11-6-12-18-25)33-30(37)22-35(21-23-13-7-4-8-14-23)31(38)27-19-26(27)24-15-9-5-10-16-24/h4-18,20,26-27H,19,21-22H2,1-3H3,(H,33,37). The summed E-state index contributed by atoms with van der Waals surface area (Å²) < 4.78 is 1.76. The molecule has 1 aliphatic rings. The maximum Gasteiger partial charge on any atom is 0.245 e. The van der Waals surface area contributed by atoms with Crippen molar-refractivity contribution in [3.8, 4) is 5.69 Å². The smallest absolute Gasteiger partial charge is 0.245 e. The number of hydrogen-bond donors (Lipinski definition) is 1. The molecule has 2 atom stereocenters. The summed E-state index contributed by atoms with van der Waals surface area (Å²) in [6.45, 7) is 6.63. The van der Waals surface area contributed by atoms with Crippen molar-refractivity contribution in [3.05, 3.63) is 114 Å². The van der Waals surface area contributed by atoms with Crippen molar-refractivity contribution in [2.75, 3.05) is 11.9 Å². The molecular weight excluding hydrogens is 472 g/mol. The zero-order valence-electron chi connectivity index (χ0n) is 22.2. The summed E-state index contributed by atoms with van der Waals surface area (Å²) in [5.74, 6) is 0.468. The zero-order chi connectivity index (χ0) is 26.7. The molecule has 3 aromatic carbocycles. The van der Waals surface area contributed by atoms with Gasteiger partial charge in [0.25, 0.3) is 0 Å². The van der Waals surface area contributed by atoms with Gasteiger partial charge in [0.15, 0.2) is 0 Å². The van der Waals surface area contributed by atoms with Crippen LogP contribution in [0.25, 0.3) is 5.69 Å². The third-order valence-corrected chi connectivity index (χ3v) is 6.94. The Labute approximate surface area is 224 Å². The summed E-state index contributed by atoms with van der Waals surface area (Å²) in [5, 5.41) is 7.83. The van der Waals surface area contributed by atoms with E-state index >= 15 is 0 Å². The highest BCUT2D eigenvalue weighted by Crippen LogP contribution is 2.48. The summed E-state index contributed by atoms with van der Waals surface area (Å²) in [6.07, 6.45) is 0.811. The highest BCUT2D eigenvalue weighted by Gasteiger charge is 2.46. The average Bonchev–Trinajstić information content (AvgIpc) is 3.61. The Kier molecular flexibility index (Phi) is 7.14. The van der Waals surface area contributed by atoms with Gasteiger partial charge in [-0.3, -0.25) is 9.59 Å². The lowest BCUT2D eigenvalue weighted by Crippen LogP contribution is -2.39. The molecule has 1 aromatic heterocycles. The minimum Gasteiger partial charge on any atom is -0.329 e. The lowest BCUT2D eigenvalue weighted by atomic mass is 9.92. The molecular formula is C32H34N4O2. The normalized spacial score (nSPS) is 16.6. The van der Waals surface area contributed by atoms with E-state index < -0.39 is 0 Å². The predicted molar refractivity (Wildman–Crippen MR) is 150 cm³/mol. The Hall–Kier alpha value is -4.19. The van der Waals surface area contributed by atoms with E-state index in [2.05, 4.69) is 38.2 Å². The van der Waals surface area contributed by atoms with Crippen LogP contribution in [0.1, 0.15) is 49.9 Å².